The van der Waals surface area contributed by atoms with Gasteiger partial charge in [-0.3, -0.25) is 4.79 Å². The molecule has 2 heteroatoms. The van der Waals surface area contributed by atoms with E-state index in [-0.39, 0.29) is 11.9 Å². The Morgan fingerprint density at radius 3 is 2.41 bits per heavy atom. The molecule has 0 unspecified atom stereocenters. The highest BCUT2D eigenvalue weighted by atomic mass is 16.5. The van der Waals surface area contributed by atoms with Crippen LogP contribution in [0.1, 0.15) is 44.1 Å². The second-order valence-electron chi connectivity index (χ2n) is 4.71. The van der Waals surface area contributed by atoms with Crippen molar-refractivity contribution in [1.29, 1.82) is 0 Å². The smallest absolute Gasteiger partial charge is 0.308 e. The molecule has 0 saturated heterocycles. The fourth-order valence-electron chi connectivity index (χ4n) is 2.65. The maximum atomic E-state index is 11.6. The topological polar surface area (TPSA) is 26.3 Å². The molecule has 0 aromatic heterocycles. The minimum atomic E-state index is -0.000915. The summed E-state index contributed by atoms with van der Waals surface area (Å²) in [4.78, 5) is 11.6. The highest BCUT2D eigenvalue weighted by Gasteiger charge is 2.27. The summed E-state index contributed by atoms with van der Waals surface area (Å²) < 4.78 is 5.08. The molecule has 0 N–H and O–H groups in total. The molecular weight excluding hydrogens is 212 g/mol. The third-order valence-corrected chi connectivity index (χ3v) is 3.62. The van der Waals surface area contributed by atoms with Crippen LogP contribution in [0.5, 0.6) is 0 Å². The standard InChI is InChI=1S/C15H20O2/c1-2-17-15(16)14-10-8-13(9-11-14)12-6-4-3-5-7-12/h3-7,13-14H,2,8-11H2,1H3/t13-,14-. The summed E-state index contributed by atoms with van der Waals surface area (Å²) in [6.45, 7) is 2.37. The Balaban J connectivity index is 1.88. The van der Waals surface area contributed by atoms with Crippen molar-refractivity contribution in [2.45, 2.75) is 38.5 Å². The van der Waals surface area contributed by atoms with Crippen molar-refractivity contribution < 1.29 is 9.53 Å². The van der Waals surface area contributed by atoms with Crippen molar-refractivity contribution in [3.63, 3.8) is 0 Å². The lowest BCUT2D eigenvalue weighted by molar-refractivity contribution is -0.149. The molecule has 1 fully saturated rings. The van der Waals surface area contributed by atoms with Crippen molar-refractivity contribution >= 4 is 5.97 Å². The number of carbonyl (C=O) groups is 1. The van der Waals surface area contributed by atoms with E-state index in [4.69, 9.17) is 4.74 Å². The van der Waals surface area contributed by atoms with Gasteiger partial charge in [0.15, 0.2) is 0 Å². The van der Waals surface area contributed by atoms with Crippen LogP contribution in [0.2, 0.25) is 0 Å². The third kappa shape index (κ3) is 3.09. The van der Waals surface area contributed by atoms with Gasteiger partial charge in [0.05, 0.1) is 12.5 Å². The van der Waals surface area contributed by atoms with Crippen LogP contribution in [0.15, 0.2) is 30.3 Å². The average molecular weight is 232 g/mol. The summed E-state index contributed by atoms with van der Waals surface area (Å²) in [6, 6.07) is 10.6. The van der Waals surface area contributed by atoms with Gasteiger partial charge >= 0.3 is 5.97 Å². The highest BCUT2D eigenvalue weighted by Crippen LogP contribution is 2.35. The summed E-state index contributed by atoms with van der Waals surface area (Å²) in [5.74, 6) is 0.760. The van der Waals surface area contributed by atoms with Crippen molar-refractivity contribution in [1.82, 2.24) is 0 Å². The molecule has 1 saturated carbocycles. The first-order chi connectivity index (χ1) is 8.31. The Kier molecular flexibility index (Phi) is 4.18. The summed E-state index contributed by atoms with van der Waals surface area (Å²) in [5.41, 5.74) is 1.41. The monoisotopic (exact) mass is 232 g/mol. The van der Waals surface area contributed by atoms with Crippen molar-refractivity contribution in [2.75, 3.05) is 6.61 Å². The van der Waals surface area contributed by atoms with Gasteiger partial charge in [-0.2, -0.15) is 0 Å². The van der Waals surface area contributed by atoms with Crippen LogP contribution in [-0.4, -0.2) is 12.6 Å². The maximum absolute atomic E-state index is 11.6. The summed E-state index contributed by atoms with van der Waals surface area (Å²) >= 11 is 0. The van der Waals surface area contributed by atoms with Gasteiger partial charge in [0.1, 0.15) is 0 Å². The molecule has 0 radical (unpaired) electrons. The Labute approximate surface area is 103 Å². The number of hydrogen-bond donors (Lipinski definition) is 0. The van der Waals surface area contributed by atoms with E-state index in [0.717, 1.165) is 25.7 Å². The van der Waals surface area contributed by atoms with Gasteiger partial charge in [-0.25, -0.2) is 0 Å². The lowest BCUT2D eigenvalue weighted by atomic mass is 9.79. The first-order valence-electron chi connectivity index (χ1n) is 6.53. The Hall–Kier alpha value is -1.31. The summed E-state index contributed by atoms with van der Waals surface area (Å²) in [5, 5.41) is 0. The lowest BCUT2D eigenvalue weighted by Crippen LogP contribution is -2.23. The van der Waals surface area contributed by atoms with Crippen LogP contribution in [0, 0.1) is 5.92 Å². The number of esters is 1. The third-order valence-electron chi connectivity index (χ3n) is 3.62. The van der Waals surface area contributed by atoms with Crippen LogP contribution in [0.25, 0.3) is 0 Å². The van der Waals surface area contributed by atoms with Crippen LogP contribution >= 0.6 is 0 Å². The van der Waals surface area contributed by atoms with E-state index in [1.165, 1.54) is 5.56 Å². The van der Waals surface area contributed by atoms with Gasteiger partial charge < -0.3 is 4.74 Å². The summed E-state index contributed by atoms with van der Waals surface area (Å²) in [6.07, 6.45) is 4.15. The maximum Gasteiger partial charge on any atom is 0.308 e. The van der Waals surface area contributed by atoms with E-state index in [2.05, 4.69) is 24.3 Å². The fraction of sp³-hybridized carbons (Fsp3) is 0.533. The zero-order chi connectivity index (χ0) is 12.1. The van der Waals surface area contributed by atoms with Crippen molar-refractivity contribution in [3.8, 4) is 0 Å². The lowest BCUT2D eigenvalue weighted by Gasteiger charge is -2.27. The molecule has 2 rings (SSSR count). The molecule has 1 aromatic carbocycles. The van der Waals surface area contributed by atoms with Gasteiger partial charge in [-0.15, -0.1) is 0 Å². The van der Waals surface area contributed by atoms with Gasteiger partial charge in [0.25, 0.3) is 0 Å². The Morgan fingerprint density at radius 2 is 1.82 bits per heavy atom. The van der Waals surface area contributed by atoms with E-state index in [1.807, 2.05) is 13.0 Å². The van der Waals surface area contributed by atoms with Gasteiger partial charge in [-0.05, 0) is 44.1 Å². The zero-order valence-corrected chi connectivity index (χ0v) is 10.4. The molecule has 1 aliphatic carbocycles. The minimum absolute atomic E-state index is 0.000915. The first-order valence-corrected chi connectivity index (χ1v) is 6.53. The molecule has 1 aromatic rings. The van der Waals surface area contributed by atoms with E-state index in [9.17, 15) is 4.79 Å². The number of rotatable bonds is 3. The molecular formula is C15H20O2. The first kappa shape index (κ1) is 12.2. The highest BCUT2D eigenvalue weighted by molar-refractivity contribution is 5.72. The average Bonchev–Trinajstić information content (AvgIpc) is 2.40. The normalized spacial score (nSPS) is 24.3. The predicted octanol–water partition coefficient (Wildman–Crippen LogP) is 3.52. The molecule has 0 bridgehead atoms. The number of ether oxygens (including phenoxy) is 1. The largest absolute Gasteiger partial charge is 0.466 e. The van der Waals surface area contributed by atoms with Crippen LogP contribution < -0.4 is 0 Å². The van der Waals surface area contributed by atoms with Crippen molar-refractivity contribution in [3.05, 3.63) is 35.9 Å². The molecule has 0 aliphatic heterocycles. The molecule has 0 heterocycles. The van der Waals surface area contributed by atoms with Crippen LogP contribution in [0.3, 0.4) is 0 Å². The Bertz CT molecular complexity index is 350. The second-order valence-corrected chi connectivity index (χ2v) is 4.71. The predicted molar refractivity (Wildman–Crippen MR) is 67.8 cm³/mol. The molecule has 17 heavy (non-hydrogen) atoms. The quantitative estimate of drug-likeness (QED) is 0.745. The van der Waals surface area contributed by atoms with Gasteiger partial charge in [-0.1, -0.05) is 30.3 Å². The zero-order valence-electron chi connectivity index (χ0n) is 10.4. The van der Waals surface area contributed by atoms with Gasteiger partial charge in [0.2, 0.25) is 0 Å². The number of hydrogen-bond acceptors (Lipinski definition) is 2. The summed E-state index contributed by atoms with van der Waals surface area (Å²) in [7, 11) is 0. The van der Waals surface area contributed by atoms with E-state index in [0.29, 0.717) is 12.5 Å². The number of benzene rings is 1. The SMILES string of the molecule is CCOC(=O)[C@H]1CC[C@H](c2ccccc2)CC1. The molecule has 2 nitrogen and oxygen atoms in total. The minimum Gasteiger partial charge on any atom is -0.466 e. The van der Waals surface area contributed by atoms with E-state index in [1.54, 1.807) is 0 Å². The fourth-order valence-corrected chi connectivity index (χ4v) is 2.65. The Morgan fingerprint density at radius 1 is 1.18 bits per heavy atom. The van der Waals surface area contributed by atoms with Crippen LogP contribution in [-0.2, 0) is 9.53 Å². The number of carbonyl (C=O) groups excluding carboxylic acids is 1. The van der Waals surface area contributed by atoms with Crippen molar-refractivity contribution in [2.24, 2.45) is 5.92 Å². The molecule has 92 valence electrons. The van der Waals surface area contributed by atoms with E-state index < -0.39 is 0 Å². The molecule has 1 aliphatic rings. The molecule has 0 amide bonds. The van der Waals surface area contributed by atoms with E-state index >= 15 is 0 Å². The second kappa shape index (κ2) is 5.85. The molecule has 0 atom stereocenters. The van der Waals surface area contributed by atoms with Crippen LogP contribution in [0.4, 0.5) is 0 Å². The van der Waals surface area contributed by atoms with Gasteiger partial charge in [0, 0.05) is 0 Å². The molecule has 0 spiro atoms.